The lowest BCUT2D eigenvalue weighted by molar-refractivity contribution is 0.269. The molecule has 124 valence electrons. The van der Waals surface area contributed by atoms with E-state index in [0.29, 0.717) is 24.5 Å². The van der Waals surface area contributed by atoms with Crippen molar-refractivity contribution in [3.8, 4) is 5.75 Å². The predicted molar refractivity (Wildman–Crippen MR) is 96.3 cm³/mol. The number of ether oxygens (including phenoxy) is 1. The highest BCUT2D eigenvalue weighted by molar-refractivity contribution is 5.78. The Morgan fingerprint density at radius 2 is 1.79 bits per heavy atom. The van der Waals surface area contributed by atoms with Crippen molar-refractivity contribution in [3.05, 3.63) is 65.7 Å². The fourth-order valence-corrected chi connectivity index (χ4v) is 3.60. The maximum absolute atomic E-state index is 6.15. The molecule has 3 N–H and O–H groups in total. The zero-order valence-electron chi connectivity index (χ0n) is 13.7. The van der Waals surface area contributed by atoms with Crippen LogP contribution in [-0.2, 0) is 0 Å². The fraction of sp³-hybridized carbons (Fsp3) is 0.350. The second kappa shape index (κ2) is 6.56. The van der Waals surface area contributed by atoms with Crippen molar-refractivity contribution in [1.82, 2.24) is 5.32 Å². The second-order valence-electron chi connectivity index (χ2n) is 6.63. The zero-order valence-corrected chi connectivity index (χ0v) is 13.7. The van der Waals surface area contributed by atoms with Crippen molar-refractivity contribution in [2.24, 2.45) is 10.7 Å². The summed E-state index contributed by atoms with van der Waals surface area (Å²) in [5.41, 5.74) is 8.70. The number of nitrogens with two attached hydrogens (primary N) is 1. The number of guanidine groups is 1. The van der Waals surface area contributed by atoms with Crippen LogP contribution in [0.5, 0.6) is 5.75 Å². The highest BCUT2D eigenvalue weighted by atomic mass is 16.5. The number of nitrogens with one attached hydrogen (secondary N) is 1. The van der Waals surface area contributed by atoms with Gasteiger partial charge in [0.15, 0.2) is 5.96 Å². The number of nitrogens with zero attached hydrogens (tertiary/aromatic N) is 1. The van der Waals surface area contributed by atoms with Crippen LogP contribution in [0, 0.1) is 0 Å². The molecule has 4 nitrogen and oxygen atoms in total. The van der Waals surface area contributed by atoms with Crippen LogP contribution in [0.2, 0.25) is 0 Å². The summed E-state index contributed by atoms with van der Waals surface area (Å²) in [6, 6.07) is 19.3. The van der Waals surface area contributed by atoms with Gasteiger partial charge in [-0.05, 0) is 30.4 Å². The van der Waals surface area contributed by atoms with Gasteiger partial charge in [-0.2, -0.15) is 0 Å². The Morgan fingerprint density at radius 1 is 1.04 bits per heavy atom. The van der Waals surface area contributed by atoms with Gasteiger partial charge in [-0.25, -0.2) is 4.99 Å². The van der Waals surface area contributed by atoms with Crippen LogP contribution in [0.25, 0.3) is 0 Å². The van der Waals surface area contributed by atoms with Crippen molar-refractivity contribution < 1.29 is 4.74 Å². The van der Waals surface area contributed by atoms with Gasteiger partial charge in [0.25, 0.3) is 0 Å². The maximum Gasteiger partial charge on any atom is 0.189 e. The smallest absolute Gasteiger partial charge is 0.189 e. The summed E-state index contributed by atoms with van der Waals surface area (Å²) < 4.78 is 5.68. The molecule has 0 saturated heterocycles. The fourth-order valence-electron chi connectivity index (χ4n) is 3.60. The van der Waals surface area contributed by atoms with Crippen molar-refractivity contribution >= 4 is 5.96 Å². The first kappa shape index (κ1) is 15.1. The van der Waals surface area contributed by atoms with E-state index in [2.05, 4.69) is 41.7 Å². The molecule has 2 aromatic rings. The van der Waals surface area contributed by atoms with E-state index < -0.39 is 0 Å². The first-order valence-electron chi connectivity index (χ1n) is 8.66. The highest BCUT2D eigenvalue weighted by Crippen LogP contribution is 2.37. The molecule has 0 radical (unpaired) electrons. The van der Waals surface area contributed by atoms with E-state index in [-0.39, 0.29) is 6.04 Å². The molecule has 0 amide bonds. The van der Waals surface area contributed by atoms with Crippen molar-refractivity contribution in [2.75, 3.05) is 6.61 Å². The quantitative estimate of drug-likeness (QED) is 0.673. The first-order valence-corrected chi connectivity index (χ1v) is 8.66. The molecule has 1 unspecified atom stereocenters. The molecule has 1 atom stereocenters. The maximum atomic E-state index is 6.15. The molecule has 2 aromatic carbocycles. The molecule has 0 bridgehead atoms. The molecule has 0 spiro atoms. The lowest BCUT2D eigenvalue weighted by atomic mass is 9.76. The van der Waals surface area contributed by atoms with Gasteiger partial charge >= 0.3 is 0 Å². The summed E-state index contributed by atoms with van der Waals surface area (Å²) in [4.78, 5) is 4.70. The van der Waals surface area contributed by atoms with Crippen LogP contribution in [0.1, 0.15) is 42.3 Å². The summed E-state index contributed by atoms with van der Waals surface area (Å²) >= 11 is 0. The largest absolute Gasteiger partial charge is 0.493 e. The predicted octanol–water partition coefficient (Wildman–Crippen LogP) is 3.36. The van der Waals surface area contributed by atoms with E-state index in [1.54, 1.807) is 0 Å². The molecule has 4 rings (SSSR count). The summed E-state index contributed by atoms with van der Waals surface area (Å²) in [6.45, 7) is 0.692. The number of hydrogen-bond donors (Lipinski definition) is 2. The van der Waals surface area contributed by atoms with Crippen molar-refractivity contribution in [3.63, 3.8) is 0 Å². The van der Waals surface area contributed by atoms with E-state index in [1.165, 1.54) is 5.56 Å². The summed E-state index contributed by atoms with van der Waals surface area (Å²) in [5.74, 6) is 2.12. The van der Waals surface area contributed by atoms with Crippen LogP contribution in [0.15, 0.2) is 59.6 Å². The summed E-state index contributed by atoms with van der Waals surface area (Å²) in [6.07, 6.45) is 3.10. The molecular formula is C20H23N3O. The Morgan fingerprint density at radius 3 is 2.62 bits per heavy atom. The third-order valence-electron chi connectivity index (χ3n) is 4.98. The average Bonchev–Trinajstić information content (AvgIpc) is 2.59. The van der Waals surface area contributed by atoms with Gasteiger partial charge in [0.05, 0.1) is 12.6 Å². The van der Waals surface area contributed by atoms with Gasteiger partial charge in [0.1, 0.15) is 5.75 Å². The molecule has 1 heterocycles. The summed E-state index contributed by atoms with van der Waals surface area (Å²) in [5, 5.41) is 3.38. The lowest BCUT2D eigenvalue weighted by Crippen LogP contribution is -2.46. The van der Waals surface area contributed by atoms with E-state index in [4.69, 9.17) is 15.5 Å². The number of rotatable bonds is 3. The number of hydrogen-bond acceptors (Lipinski definition) is 2. The zero-order chi connectivity index (χ0) is 16.4. The van der Waals surface area contributed by atoms with E-state index >= 15 is 0 Å². The molecule has 0 aromatic heterocycles. The SMILES string of the molecule is NC(=NC1CCOc2ccccc21)NC1CC(c2ccccc2)C1. The monoisotopic (exact) mass is 321 g/mol. The van der Waals surface area contributed by atoms with Gasteiger partial charge in [0, 0.05) is 18.0 Å². The Kier molecular flexibility index (Phi) is 4.11. The Bertz CT molecular complexity index is 723. The van der Waals surface area contributed by atoms with E-state index in [1.807, 2.05) is 18.2 Å². The number of benzene rings is 2. The van der Waals surface area contributed by atoms with E-state index in [9.17, 15) is 0 Å². The molecule has 1 fully saturated rings. The first-order chi connectivity index (χ1) is 11.8. The number of para-hydroxylation sites is 1. The standard InChI is InChI=1S/C20H23N3O/c21-20(22-16-12-15(13-16)14-6-2-1-3-7-14)23-18-10-11-24-19-9-5-4-8-17(18)19/h1-9,15-16,18H,10-13H2,(H3,21,22,23). The topological polar surface area (TPSA) is 59.6 Å². The van der Waals surface area contributed by atoms with Gasteiger partial charge in [0.2, 0.25) is 0 Å². The van der Waals surface area contributed by atoms with Gasteiger partial charge < -0.3 is 15.8 Å². The third kappa shape index (κ3) is 3.09. The molecule has 4 heteroatoms. The minimum absolute atomic E-state index is 0.0902. The van der Waals surface area contributed by atoms with Gasteiger partial charge in [-0.1, -0.05) is 48.5 Å². The van der Waals surface area contributed by atoms with Crippen LogP contribution in [-0.4, -0.2) is 18.6 Å². The second-order valence-corrected chi connectivity index (χ2v) is 6.63. The molecule has 24 heavy (non-hydrogen) atoms. The Hall–Kier alpha value is -2.49. The molecule has 1 saturated carbocycles. The number of fused-ring (bicyclic) bond motifs is 1. The van der Waals surface area contributed by atoms with Crippen molar-refractivity contribution in [1.29, 1.82) is 0 Å². The normalized spacial score (nSPS) is 26.0. The molecule has 1 aliphatic heterocycles. The molecular weight excluding hydrogens is 298 g/mol. The molecule has 1 aliphatic carbocycles. The van der Waals surface area contributed by atoms with Crippen LogP contribution in [0.3, 0.4) is 0 Å². The Labute approximate surface area is 142 Å². The summed E-state index contributed by atoms with van der Waals surface area (Å²) in [7, 11) is 0. The van der Waals surface area contributed by atoms with Crippen LogP contribution in [0.4, 0.5) is 0 Å². The highest BCUT2D eigenvalue weighted by Gasteiger charge is 2.30. The minimum atomic E-state index is 0.0902. The molecule has 2 aliphatic rings. The Balaban J connectivity index is 1.36. The van der Waals surface area contributed by atoms with Crippen molar-refractivity contribution in [2.45, 2.75) is 37.3 Å². The van der Waals surface area contributed by atoms with Gasteiger partial charge in [-0.15, -0.1) is 0 Å². The van der Waals surface area contributed by atoms with Gasteiger partial charge in [-0.3, -0.25) is 0 Å². The van der Waals surface area contributed by atoms with Crippen LogP contribution < -0.4 is 15.8 Å². The minimum Gasteiger partial charge on any atom is -0.493 e. The lowest BCUT2D eigenvalue weighted by Gasteiger charge is -2.36. The number of aliphatic imine (C=N–C) groups is 1. The third-order valence-corrected chi connectivity index (χ3v) is 4.98. The van der Waals surface area contributed by atoms with Crippen LogP contribution >= 0.6 is 0 Å². The van der Waals surface area contributed by atoms with E-state index in [0.717, 1.165) is 30.6 Å². The average molecular weight is 321 g/mol.